The van der Waals surface area contributed by atoms with Crippen LogP contribution < -0.4 is 15.2 Å². The molecule has 0 aromatic heterocycles. The van der Waals surface area contributed by atoms with Crippen molar-refractivity contribution in [3.8, 4) is 0 Å². The second-order valence-electron chi connectivity index (χ2n) is 5.68. The third-order valence-electron chi connectivity index (χ3n) is 3.73. The van der Waals surface area contributed by atoms with Crippen LogP contribution in [0.25, 0.3) is 0 Å². The Balaban J connectivity index is 2.82. The number of nitrogens with two attached hydrogens (primary N) is 1. The molecule has 0 aromatic carbocycles. The Bertz CT molecular complexity index is 413. The molecule has 7 heteroatoms. The highest BCUT2D eigenvalue weighted by Crippen LogP contribution is 2.34. The van der Waals surface area contributed by atoms with Crippen molar-refractivity contribution >= 4 is 27.4 Å². The summed E-state index contributed by atoms with van der Waals surface area (Å²) in [5.41, 5.74) is 5.04. The molecular formula is C12H25N3O2S2. The largest absolute Gasteiger partial charge is 0.392 e. The van der Waals surface area contributed by atoms with E-state index in [1.54, 1.807) is 13.8 Å². The Kier molecular flexibility index (Phi) is 5.73. The van der Waals surface area contributed by atoms with Gasteiger partial charge in [0.05, 0.1) is 10.5 Å². The molecule has 1 rings (SSSR count). The number of rotatable bonds is 6. The van der Waals surface area contributed by atoms with Crippen LogP contribution in [0.15, 0.2) is 0 Å². The maximum Gasteiger partial charge on any atom is 0.278 e. The molecule has 1 fully saturated rings. The topological polar surface area (TPSA) is 84.2 Å². The fraction of sp³-hybridized carbons (Fsp3) is 0.917. The summed E-state index contributed by atoms with van der Waals surface area (Å²) in [6.45, 7) is 5.71. The highest BCUT2D eigenvalue weighted by molar-refractivity contribution is 7.87. The number of nitrogens with one attached hydrogen (secondary N) is 2. The molecule has 0 amide bonds. The van der Waals surface area contributed by atoms with Crippen LogP contribution in [0.2, 0.25) is 0 Å². The van der Waals surface area contributed by atoms with Gasteiger partial charge in [0.25, 0.3) is 10.2 Å². The Labute approximate surface area is 121 Å². The van der Waals surface area contributed by atoms with Gasteiger partial charge in [0.2, 0.25) is 0 Å². The van der Waals surface area contributed by atoms with Crippen molar-refractivity contribution in [2.45, 2.75) is 64.5 Å². The predicted octanol–water partition coefficient (Wildman–Crippen LogP) is 1.44. The first-order chi connectivity index (χ1) is 8.71. The first kappa shape index (κ1) is 16.8. The van der Waals surface area contributed by atoms with Crippen LogP contribution in [0.3, 0.4) is 0 Å². The van der Waals surface area contributed by atoms with E-state index in [9.17, 15) is 8.42 Å². The van der Waals surface area contributed by atoms with Crippen molar-refractivity contribution in [3.63, 3.8) is 0 Å². The van der Waals surface area contributed by atoms with Crippen molar-refractivity contribution in [1.82, 2.24) is 9.44 Å². The Morgan fingerprint density at radius 1 is 1.42 bits per heavy atom. The van der Waals surface area contributed by atoms with Crippen LogP contribution in [-0.2, 0) is 10.2 Å². The van der Waals surface area contributed by atoms with E-state index >= 15 is 0 Å². The SMILES string of the molecule is CCC1CCC(NS(=O)(=O)NC(C)C)(C(N)=S)CC1. The van der Waals surface area contributed by atoms with Gasteiger partial charge in [-0.3, -0.25) is 0 Å². The molecule has 19 heavy (non-hydrogen) atoms. The van der Waals surface area contributed by atoms with E-state index in [0.29, 0.717) is 18.8 Å². The van der Waals surface area contributed by atoms with Crippen molar-refractivity contribution in [1.29, 1.82) is 0 Å². The molecule has 1 aliphatic carbocycles. The second-order valence-corrected chi connectivity index (χ2v) is 7.56. The smallest absolute Gasteiger partial charge is 0.278 e. The molecule has 0 aliphatic heterocycles. The molecule has 0 spiro atoms. The van der Waals surface area contributed by atoms with Crippen molar-refractivity contribution in [3.05, 3.63) is 0 Å². The van der Waals surface area contributed by atoms with E-state index in [4.69, 9.17) is 18.0 Å². The predicted molar refractivity (Wildman–Crippen MR) is 82.1 cm³/mol. The molecule has 1 saturated carbocycles. The third-order valence-corrected chi connectivity index (χ3v) is 5.56. The Morgan fingerprint density at radius 2 is 1.95 bits per heavy atom. The van der Waals surface area contributed by atoms with E-state index < -0.39 is 15.7 Å². The van der Waals surface area contributed by atoms with Crippen molar-refractivity contribution in [2.75, 3.05) is 0 Å². The Morgan fingerprint density at radius 3 is 2.32 bits per heavy atom. The van der Waals surface area contributed by atoms with Gasteiger partial charge in [-0.1, -0.05) is 25.6 Å². The number of hydrogen-bond donors (Lipinski definition) is 3. The molecule has 0 unspecified atom stereocenters. The molecule has 0 bridgehead atoms. The lowest BCUT2D eigenvalue weighted by Crippen LogP contribution is -2.61. The molecule has 5 nitrogen and oxygen atoms in total. The summed E-state index contributed by atoms with van der Waals surface area (Å²) >= 11 is 5.11. The highest BCUT2D eigenvalue weighted by atomic mass is 32.2. The second kappa shape index (κ2) is 6.47. The quantitative estimate of drug-likeness (QED) is 0.648. The maximum atomic E-state index is 12.0. The van der Waals surface area contributed by atoms with Crippen molar-refractivity contribution < 1.29 is 8.42 Å². The van der Waals surface area contributed by atoms with E-state index in [2.05, 4.69) is 16.4 Å². The van der Waals surface area contributed by atoms with Gasteiger partial charge in [0.1, 0.15) is 0 Å². The molecule has 1 aliphatic rings. The number of thiocarbonyl (C=S) groups is 1. The first-order valence-corrected chi connectivity index (χ1v) is 8.71. The van der Waals surface area contributed by atoms with Crippen LogP contribution in [-0.4, -0.2) is 25.0 Å². The van der Waals surface area contributed by atoms with Gasteiger partial charge in [-0.25, -0.2) is 0 Å². The molecular weight excluding hydrogens is 282 g/mol. The monoisotopic (exact) mass is 307 g/mol. The summed E-state index contributed by atoms with van der Waals surface area (Å²) in [6.07, 6.45) is 4.39. The minimum Gasteiger partial charge on any atom is -0.392 e. The Hall–Kier alpha value is -0.240. The van der Waals surface area contributed by atoms with E-state index in [1.807, 2.05) is 0 Å². The van der Waals surface area contributed by atoms with Gasteiger partial charge in [-0.15, -0.1) is 0 Å². The van der Waals surface area contributed by atoms with E-state index in [-0.39, 0.29) is 11.0 Å². The van der Waals surface area contributed by atoms with Crippen LogP contribution >= 0.6 is 12.2 Å². The number of hydrogen-bond acceptors (Lipinski definition) is 3. The minimum atomic E-state index is -3.58. The fourth-order valence-corrected chi connectivity index (χ4v) is 4.40. The normalized spacial score (nSPS) is 28.5. The molecule has 0 saturated heterocycles. The molecule has 0 radical (unpaired) electrons. The summed E-state index contributed by atoms with van der Waals surface area (Å²) in [5.74, 6) is 0.644. The molecule has 0 atom stereocenters. The summed E-state index contributed by atoms with van der Waals surface area (Å²) in [5, 5.41) is 0. The van der Waals surface area contributed by atoms with Crippen LogP contribution in [0.4, 0.5) is 0 Å². The zero-order valence-electron chi connectivity index (χ0n) is 11.9. The zero-order valence-corrected chi connectivity index (χ0v) is 13.5. The zero-order chi connectivity index (χ0) is 14.7. The average Bonchev–Trinajstić information content (AvgIpc) is 2.27. The van der Waals surface area contributed by atoms with Gasteiger partial charge in [0.15, 0.2) is 0 Å². The fourth-order valence-electron chi connectivity index (χ4n) is 2.57. The van der Waals surface area contributed by atoms with Gasteiger partial charge < -0.3 is 5.73 Å². The summed E-state index contributed by atoms with van der Waals surface area (Å²) in [6, 6.07) is -0.159. The summed E-state index contributed by atoms with van der Waals surface area (Å²) in [4.78, 5) is 0.246. The van der Waals surface area contributed by atoms with Gasteiger partial charge in [0, 0.05) is 6.04 Å². The van der Waals surface area contributed by atoms with Crippen LogP contribution in [0, 0.1) is 5.92 Å². The lowest BCUT2D eigenvalue weighted by Gasteiger charge is -2.39. The van der Waals surface area contributed by atoms with Crippen LogP contribution in [0.1, 0.15) is 52.9 Å². The third kappa shape index (κ3) is 4.66. The van der Waals surface area contributed by atoms with Crippen LogP contribution in [0.5, 0.6) is 0 Å². The van der Waals surface area contributed by atoms with Gasteiger partial charge in [-0.2, -0.15) is 17.9 Å². The summed E-state index contributed by atoms with van der Waals surface area (Å²) < 4.78 is 29.3. The first-order valence-electron chi connectivity index (χ1n) is 6.82. The maximum absolute atomic E-state index is 12.0. The molecule has 0 heterocycles. The highest BCUT2D eigenvalue weighted by Gasteiger charge is 2.40. The molecule has 4 N–H and O–H groups in total. The minimum absolute atomic E-state index is 0.159. The lowest BCUT2D eigenvalue weighted by molar-refractivity contribution is 0.268. The summed E-state index contributed by atoms with van der Waals surface area (Å²) in [7, 11) is -3.58. The lowest BCUT2D eigenvalue weighted by atomic mass is 9.76. The van der Waals surface area contributed by atoms with Crippen molar-refractivity contribution in [2.24, 2.45) is 11.7 Å². The molecule has 112 valence electrons. The standard InChI is InChI=1S/C12H25N3O2S2/c1-4-10-5-7-12(8-6-10,11(13)18)15-19(16,17)14-9(2)3/h9-10,14-15H,4-8H2,1-3H3,(H2,13,18). The van der Waals surface area contributed by atoms with E-state index in [0.717, 1.165) is 19.3 Å². The van der Waals surface area contributed by atoms with E-state index in [1.165, 1.54) is 0 Å². The molecule has 0 aromatic rings. The average molecular weight is 307 g/mol. The van der Waals surface area contributed by atoms with Gasteiger partial charge in [-0.05, 0) is 45.4 Å². The van der Waals surface area contributed by atoms with Gasteiger partial charge >= 0.3 is 0 Å².